The van der Waals surface area contributed by atoms with Crippen molar-refractivity contribution in [3.8, 4) is 11.8 Å². The van der Waals surface area contributed by atoms with Crippen molar-refractivity contribution in [1.29, 1.82) is 5.26 Å². The first-order valence-electron chi connectivity index (χ1n) is 4.34. The van der Waals surface area contributed by atoms with E-state index in [0.717, 1.165) is 6.29 Å². The van der Waals surface area contributed by atoms with Gasteiger partial charge < -0.3 is 9.72 Å². The minimum absolute atomic E-state index is 0.470. The Bertz CT molecular complexity index is 564. The van der Waals surface area contributed by atoms with Gasteiger partial charge in [0, 0.05) is 23.2 Å². The predicted molar refractivity (Wildman–Crippen MR) is 55.0 cm³/mol. The fraction of sp³-hybridized carbons (Fsp3) is 0.0909. The largest absolute Gasteiger partial charge is 0.497 e. The van der Waals surface area contributed by atoms with E-state index in [-0.39, 0.29) is 0 Å². The zero-order valence-electron chi connectivity index (χ0n) is 8.07. The van der Waals surface area contributed by atoms with Crippen molar-refractivity contribution in [3.05, 3.63) is 29.5 Å². The molecule has 0 radical (unpaired) electrons. The Kier molecular flexibility index (Phi) is 2.14. The van der Waals surface area contributed by atoms with Gasteiger partial charge >= 0.3 is 0 Å². The van der Waals surface area contributed by atoms with E-state index in [1.165, 1.54) is 7.11 Å². The van der Waals surface area contributed by atoms with E-state index in [1.54, 1.807) is 18.3 Å². The molecular formula is C11H8N2O2. The van der Waals surface area contributed by atoms with Gasteiger partial charge in [0.2, 0.25) is 0 Å². The number of hydrogen-bond donors (Lipinski definition) is 1. The lowest BCUT2D eigenvalue weighted by molar-refractivity contribution is 0.112. The maximum Gasteiger partial charge on any atom is 0.152 e. The van der Waals surface area contributed by atoms with Crippen LogP contribution in [0.1, 0.15) is 15.9 Å². The molecular weight excluding hydrogens is 192 g/mol. The van der Waals surface area contributed by atoms with Crippen LogP contribution in [0, 0.1) is 11.3 Å². The molecule has 0 aliphatic rings. The number of carbonyl (C=O) groups excluding carboxylic acids is 1. The van der Waals surface area contributed by atoms with E-state index in [2.05, 4.69) is 11.1 Å². The Morgan fingerprint density at radius 1 is 1.53 bits per heavy atom. The number of H-pyrrole nitrogens is 1. The molecule has 0 aliphatic heterocycles. The van der Waals surface area contributed by atoms with Crippen LogP contribution in [0.3, 0.4) is 0 Å². The van der Waals surface area contributed by atoms with Crippen LogP contribution in [0.4, 0.5) is 0 Å². The van der Waals surface area contributed by atoms with Crippen LogP contribution < -0.4 is 4.74 Å². The van der Waals surface area contributed by atoms with Crippen LogP contribution in [-0.4, -0.2) is 18.4 Å². The first-order valence-corrected chi connectivity index (χ1v) is 4.34. The number of benzene rings is 1. The quantitative estimate of drug-likeness (QED) is 0.752. The highest BCUT2D eigenvalue weighted by Crippen LogP contribution is 2.26. The fourth-order valence-corrected chi connectivity index (χ4v) is 1.53. The predicted octanol–water partition coefficient (Wildman–Crippen LogP) is 1.86. The van der Waals surface area contributed by atoms with Gasteiger partial charge in [0.05, 0.1) is 18.2 Å². The molecule has 4 heteroatoms. The van der Waals surface area contributed by atoms with Crippen molar-refractivity contribution in [2.45, 2.75) is 0 Å². The van der Waals surface area contributed by atoms with Crippen molar-refractivity contribution >= 4 is 17.2 Å². The SMILES string of the molecule is COc1cc(C#N)c2[nH]cc(C=O)c2c1. The van der Waals surface area contributed by atoms with Gasteiger partial charge in [0.25, 0.3) is 0 Å². The lowest BCUT2D eigenvalue weighted by Gasteiger charge is -2.01. The van der Waals surface area contributed by atoms with Crippen molar-refractivity contribution < 1.29 is 9.53 Å². The van der Waals surface area contributed by atoms with Crippen LogP contribution in [0.25, 0.3) is 10.9 Å². The number of fused-ring (bicyclic) bond motifs is 1. The number of rotatable bonds is 2. The molecule has 2 rings (SSSR count). The molecule has 1 aromatic carbocycles. The summed E-state index contributed by atoms with van der Waals surface area (Å²) in [4.78, 5) is 13.6. The highest BCUT2D eigenvalue weighted by molar-refractivity contribution is 6.00. The number of aromatic amines is 1. The molecule has 0 amide bonds. The van der Waals surface area contributed by atoms with Crippen LogP contribution in [0.2, 0.25) is 0 Å². The maximum atomic E-state index is 10.7. The van der Waals surface area contributed by atoms with E-state index < -0.39 is 0 Å². The van der Waals surface area contributed by atoms with Gasteiger partial charge in [0.1, 0.15) is 11.8 Å². The van der Waals surface area contributed by atoms with Crippen LogP contribution in [0.15, 0.2) is 18.3 Å². The molecule has 0 spiro atoms. The first kappa shape index (κ1) is 9.28. The number of carbonyl (C=O) groups is 1. The number of nitrogens with zero attached hydrogens (tertiary/aromatic N) is 1. The highest BCUT2D eigenvalue weighted by Gasteiger charge is 2.09. The Morgan fingerprint density at radius 3 is 2.93 bits per heavy atom. The molecule has 4 nitrogen and oxygen atoms in total. The van der Waals surface area contributed by atoms with E-state index in [9.17, 15) is 4.79 Å². The van der Waals surface area contributed by atoms with E-state index in [4.69, 9.17) is 10.00 Å². The molecule has 1 N–H and O–H groups in total. The molecule has 1 aromatic heterocycles. The summed E-state index contributed by atoms with van der Waals surface area (Å²) in [5.41, 5.74) is 1.67. The monoisotopic (exact) mass is 200 g/mol. The van der Waals surface area contributed by atoms with E-state index in [0.29, 0.717) is 27.8 Å². The average molecular weight is 200 g/mol. The summed E-state index contributed by atoms with van der Waals surface area (Å²) in [5, 5.41) is 9.63. The van der Waals surface area contributed by atoms with Crippen molar-refractivity contribution in [2.24, 2.45) is 0 Å². The summed E-state index contributed by atoms with van der Waals surface area (Å²) in [5.74, 6) is 0.571. The number of nitrogens with one attached hydrogen (secondary N) is 1. The molecule has 1 heterocycles. The summed E-state index contributed by atoms with van der Waals surface area (Å²) < 4.78 is 5.05. The van der Waals surface area contributed by atoms with E-state index >= 15 is 0 Å². The molecule has 15 heavy (non-hydrogen) atoms. The Balaban J connectivity index is 2.84. The van der Waals surface area contributed by atoms with Crippen LogP contribution in [0.5, 0.6) is 5.75 Å². The summed E-state index contributed by atoms with van der Waals surface area (Å²) in [6.07, 6.45) is 2.33. The van der Waals surface area contributed by atoms with Crippen molar-refractivity contribution in [2.75, 3.05) is 7.11 Å². The Morgan fingerprint density at radius 2 is 2.33 bits per heavy atom. The topological polar surface area (TPSA) is 65.9 Å². The average Bonchev–Trinajstić information content (AvgIpc) is 2.70. The molecule has 74 valence electrons. The zero-order chi connectivity index (χ0) is 10.8. The molecule has 2 aromatic rings. The zero-order valence-corrected chi connectivity index (χ0v) is 8.07. The van der Waals surface area contributed by atoms with Crippen molar-refractivity contribution in [1.82, 2.24) is 4.98 Å². The first-order chi connectivity index (χ1) is 7.30. The normalized spacial score (nSPS) is 9.87. The minimum Gasteiger partial charge on any atom is -0.497 e. The molecule has 0 fully saturated rings. The van der Waals surface area contributed by atoms with Crippen molar-refractivity contribution in [3.63, 3.8) is 0 Å². The molecule has 0 atom stereocenters. The number of ether oxygens (including phenoxy) is 1. The maximum absolute atomic E-state index is 10.7. The lowest BCUT2D eigenvalue weighted by atomic mass is 10.1. The van der Waals surface area contributed by atoms with E-state index in [1.807, 2.05) is 0 Å². The standard InChI is InChI=1S/C11H8N2O2/c1-15-9-2-7(4-12)11-10(3-9)8(6-14)5-13-11/h2-3,5-6,13H,1H3. The number of methoxy groups -OCH3 is 1. The third-order valence-corrected chi connectivity index (χ3v) is 2.28. The van der Waals surface area contributed by atoms with Crippen LogP contribution >= 0.6 is 0 Å². The van der Waals surface area contributed by atoms with Gasteiger partial charge in [-0.2, -0.15) is 5.26 Å². The summed E-state index contributed by atoms with van der Waals surface area (Å²) >= 11 is 0. The second kappa shape index (κ2) is 3.46. The van der Waals surface area contributed by atoms with Gasteiger partial charge in [-0.3, -0.25) is 4.79 Å². The van der Waals surface area contributed by atoms with Gasteiger partial charge in [-0.25, -0.2) is 0 Å². The summed E-state index contributed by atoms with van der Waals surface area (Å²) in [7, 11) is 1.52. The molecule has 0 unspecified atom stereocenters. The fourth-order valence-electron chi connectivity index (χ4n) is 1.53. The Labute approximate surface area is 86.1 Å². The third-order valence-electron chi connectivity index (χ3n) is 2.28. The van der Waals surface area contributed by atoms with Gasteiger partial charge in [0.15, 0.2) is 6.29 Å². The highest BCUT2D eigenvalue weighted by atomic mass is 16.5. The minimum atomic E-state index is 0.470. The molecule has 0 aliphatic carbocycles. The number of nitriles is 1. The number of aromatic nitrogens is 1. The Hall–Kier alpha value is -2.28. The van der Waals surface area contributed by atoms with Crippen LogP contribution in [-0.2, 0) is 0 Å². The molecule has 0 bridgehead atoms. The second-order valence-corrected chi connectivity index (χ2v) is 3.07. The van der Waals surface area contributed by atoms with Gasteiger partial charge in [-0.1, -0.05) is 0 Å². The van der Waals surface area contributed by atoms with Gasteiger partial charge in [-0.05, 0) is 6.07 Å². The smallest absolute Gasteiger partial charge is 0.152 e. The number of aldehydes is 1. The lowest BCUT2D eigenvalue weighted by Crippen LogP contribution is -1.86. The summed E-state index contributed by atoms with van der Waals surface area (Å²) in [6.45, 7) is 0. The second-order valence-electron chi connectivity index (χ2n) is 3.07. The number of hydrogen-bond acceptors (Lipinski definition) is 3. The molecule has 0 saturated heterocycles. The third kappa shape index (κ3) is 1.34. The molecule has 0 saturated carbocycles. The van der Waals surface area contributed by atoms with Gasteiger partial charge in [-0.15, -0.1) is 0 Å². The summed E-state index contributed by atoms with van der Waals surface area (Å²) in [6, 6.07) is 5.42.